The van der Waals surface area contributed by atoms with Gasteiger partial charge >= 0.3 is 0 Å². The molecule has 6 nitrogen and oxygen atoms in total. The number of hydrogen-bond acceptors (Lipinski definition) is 6. The van der Waals surface area contributed by atoms with E-state index in [-0.39, 0.29) is 17.3 Å². The van der Waals surface area contributed by atoms with Crippen LogP contribution in [0, 0.1) is 21.4 Å². The Morgan fingerprint density at radius 3 is 2.67 bits per heavy atom. The molecule has 3 aromatic rings. The van der Waals surface area contributed by atoms with Crippen molar-refractivity contribution in [1.29, 1.82) is 5.26 Å². The van der Waals surface area contributed by atoms with E-state index < -0.39 is 4.92 Å². The van der Waals surface area contributed by atoms with E-state index >= 15 is 0 Å². The molecular weight excluding hydrogens is 324 g/mol. The molecule has 7 heteroatoms. The van der Waals surface area contributed by atoms with Gasteiger partial charge in [-0.25, -0.2) is 4.98 Å². The highest BCUT2D eigenvalue weighted by Crippen LogP contribution is 2.33. The maximum Gasteiger partial charge on any atom is 0.293 e. The lowest BCUT2D eigenvalue weighted by Crippen LogP contribution is -2.13. The van der Waals surface area contributed by atoms with E-state index in [9.17, 15) is 10.1 Å². The predicted molar refractivity (Wildman–Crippen MR) is 91.8 cm³/mol. The van der Waals surface area contributed by atoms with Crippen LogP contribution in [0.3, 0.4) is 0 Å². The largest absolute Gasteiger partial charge is 0.366 e. The first-order valence-electron chi connectivity index (χ1n) is 7.08. The molecule has 0 fully saturated rings. The van der Waals surface area contributed by atoms with Crippen molar-refractivity contribution in [2.24, 2.45) is 0 Å². The lowest BCUT2D eigenvalue weighted by molar-refractivity contribution is -0.384. The minimum atomic E-state index is -0.493. The van der Waals surface area contributed by atoms with Gasteiger partial charge in [-0.3, -0.25) is 10.1 Å². The second kappa shape index (κ2) is 6.89. The van der Waals surface area contributed by atoms with Gasteiger partial charge in [0.2, 0.25) is 0 Å². The highest BCUT2D eigenvalue weighted by Gasteiger charge is 2.22. The zero-order chi connectivity index (χ0) is 16.9. The third-order valence-corrected chi connectivity index (χ3v) is 4.30. The fourth-order valence-corrected chi connectivity index (χ4v) is 3.05. The summed E-state index contributed by atoms with van der Waals surface area (Å²) in [5.41, 5.74) is 1.42. The van der Waals surface area contributed by atoms with Crippen LogP contribution in [0.4, 0.5) is 11.4 Å². The molecule has 0 amide bonds. The number of nitro groups is 1. The van der Waals surface area contributed by atoms with Crippen LogP contribution in [0.15, 0.2) is 60.1 Å². The second-order valence-electron chi connectivity index (χ2n) is 4.96. The van der Waals surface area contributed by atoms with Gasteiger partial charge in [-0.15, -0.1) is 11.3 Å². The summed E-state index contributed by atoms with van der Waals surface area (Å²) in [7, 11) is 0. The van der Waals surface area contributed by atoms with E-state index in [0.29, 0.717) is 5.69 Å². The molecule has 1 aromatic heterocycles. The van der Waals surface area contributed by atoms with Crippen molar-refractivity contribution in [2.45, 2.75) is 6.04 Å². The molecule has 1 N–H and O–H groups in total. The quantitative estimate of drug-likeness (QED) is 0.559. The van der Waals surface area contributed by atoms with Crippen LogP contribution in [0.1, 0.15) is 22.2 Å². The third kappa shape index (κ3) is 3.24. The lowest BCUT2D eigenvalue weighted by atomic mass is 10.1. The van der Waals surface area contributed by atoms with Gasteiger partial charge in [0.25, 0.3) is 5.69 Å². The van der Waals surface area contributed by atoms with Crippen molar-refractivity contribution in [3.63, 3.8) is 0 Å². The maximum atomic E-state index is 11.3. The number of aromatic nitrogens is 1. The first-order chi connectivity index (χ1) is 11.7. The predicted octanol–water partition coefficient (Wildman–Crippen LogP) is 4.12. The molecule has 0 saturated carbocycles. The monoisotopic (exact) mass is 336 g/mol. The molecule has 0 aliphatic carbocycles. The smallest absolute Gasteiger partial charge is 0.293 e. The van der Waals surface area contributed by atoms with Crippen LogP contribution in [-0.4, -0.2) is 9.91 Å². The Kier molecular flexibility index (Phi) is 4.50. The van der Waals surface area contributed by atoms with Crippen molar-refractivity contribution in [3.05, 3.63) is 86.4 Å². The Bertz CT molecular complexity index is 889. The molecule has 1 heterocycles. The summed E-state index contributed by atoms with van der Waals surface area (Å²) < 4.78 is 0. The summed E-state index contributed by atoms with van der Waals surface area (Å²) in [6.45, 7) is 0. The van der Waals surface area contributed by atoms with Crippen LogP contribution in [-0.2, 0) is 0 Å². The number of nitrogens with zero attached hydrogens (tertiary/aromatic N) is 3. The molecule has 24 heavy (non-hydrogen) atoms. The summed E-state index contributed by atoms with van der Waals surface area (Å²) >= 11 is 1.47. The van der Waals surface area contributed by atoms with Gasteiger partial charge < -0.3 is 5.32 Å². The Balaban J connectivity index is 2.03. The summed E-state index contributed by atoms with van der Waals surface area (Å²) in [4.78, 5) is 15.2. The first-order valence-corrected chi connectivity index (χ1v) is 7.96. The van der Waals surface area contributed by atoms with Crippen molar-refractivity contribution in [1.82, 2.24) is 4.98 Å². The third-order valence-electron chi connectivity index (χ3n) is 3.45. The van der Waals surface area contributed by atoms with E-state index in [1.807, 2.05) is 41.8 Å². The number of rotatable bonds is 5. The fraction of sp³-hybridized carbons (Fsp3) is 0.0588. The average Bonchev–Trinajstić information content (AvgIpc) is 3.14. The van der Waals surface area contributed by atoms with Crippen LogP contribution < -0.4 is 5.32 Å². The number of nitrogens with one attached hydrogen (secondary N) is 1. The molecule has 0 aliphatic rings. The second-order valence-corrected chi connectivity index (χ2v) is 5.89. The molecule has 0 spiro atoms. The maximum absolute atomic E-state index is 11.3. The number of anilines is 1. The van der Waals surface area contributed by atoms with Crippen LogP contribution in [0.2, 0.25) is 0 Å². The Labute approximate surface area is 142 Å². The van der Waals surface area contributed by atoms with Crippen molar-refractivity contribution in [2.75, 3.05) is 5.32 Å². The molecule has 2 aromatic carbocycles. The topological polar surface area (TPSA) is 91.8 Å². The van der Waals surface area contributed by atoms with Gasteiger partial charge in [-0.05, 0) is 17.7 Å². The normalized spacial score (nSPS) is 11.5. The van der Waals surface area contributed by atoms with Crippen LogP contribution in [0.5, 0.6) is 0 Å². The minimum Gasteiger partial charge on any atom is -0.366 e. The molecule has 3 rings (SSSR count). The Morgan fingerprint density at radius 2 is 2.04 bits per heavy atom. The molecule has 1 atom stereocenters. The molecule has 1 unspecified atom stereocenters. The molecule has 118 valence electrons. The SMILES string of the molecule is N#Cc1ccc(NC(c2ccccc2)c2nccs2)c([N+](=O)[O-])c1. The van der Waals surface area contributed by atoms with E-state index in [1.54, 1.807) is 18.3 Å². The summed E-state index contributed by atoms with van der Waals surface area (Å²) in [6.07, 6.45) is 1.70. The van der Waals surface area contributed by atoms with E-state index in [1.165, 1.54) is 17.4 Å². The average molecular weight is 336 g/mol. The van der Waals surface area contributed by atoms with Gasteiger partial charge in [-0.1, -0.05) is 30.3 Å². The van der Waals surface area contributed by atoms with Gasteiger partial charge in [0.15, 0.2) is 0 Å². The van der Waals surface area contributed by atoms with Crippen molar-refractivity contribution < 1.29 is 4.92 Å². The van der Waals surface area contributed by atoms with Crippen molar-refractivity contribution >= 4 is 22.7 Å². The Hall–Kier alpha value is -3.24. The van der Waals surface area contributed by atoms with Gasteiger partial charge in [0.1, 0.15) is 16.7 Å². The zero-order valence-corrected chi connectivity index (χ0v) is 13.2. The van der Waals surface area contributed by atoms with Gasteiger partial charge in [0.05, 0.1) is 16.6 Å². The highest BCUT2D eigenvalue weighted by molar-refractivity contribution is 7.09. The Morgan fingerprint density at radius 1 is 1.25 bits per heavy atom. The van der Waals surface area contributed by atoms with E-state index in [4.69, 9.17) is 5.26 Å². The molecule has 0 aliphatic heterocycles. The fourth-order valence-electron chi connectivity index (χ4n) is 2.34. The molecule has 0 radical (unpaired) electrons. The van der Waals surface area contributed by atoms with Gasteiger partial charge in [0, 0.05) is 17.6 Å². The van der Waals surface area contributed by atoms with E-state index in [0.717, 1.165) is 10.6 Å². The number of nitro benzene ring substituents is 1. The highest BCUT2D eigenvalue weighted by atomic mass is 32.1. The van der Waals surface area contributed by atoms with Crippen LogP contribution >= 0.6 is 11.3 Å². The summed E-state index contributed by atoms with van der Waals surface area (Å²) in [5.74, 6) is 0. The summed E-state index contributed by atoms with van der Waals surface area (Å²) in [5, 5.41) is 26.1. The van der Waals surface area contributed by atoms with Gasteiger partial charge in [-0.2, -0.15) is 5.26 Å². The molecule has 0 bridgehead atoms. The van der Waals surface area contributed by atoms with Crippen LogP contribution in [0.25, 0.3) is 0 Å². The zero-order valence-electron chi connectivity index (χ0n) is 12.4. The standard InChI is InChI=1S/C17H12N4O2S/c18-11-12-6-7-14(15(10-12)21(22)23)20-16(17-19-8-9-24-17)13-4-2-1-3-5-13/h1-10,16,20H. The van der Waals surface area contributed by atoms with Crippen molar-refractivity contribution in [3.8, 4) is 6.07 Å². The minimum absolute atomic E-state index is 0.133. The number of thiazole rings is 1. The van der Waals surface area contributed by atoms with E-state index in [2.05, 4.69) is 10.3 Å². The lowest BCUT2D eigenvalue weighted by Gasteiger charge is -2.18. The number of nitriles is 1. The first kappa shape index (κ1) is 15.6. The molecule has 0 saturated heterocycles. The number of benzene rings is 2. The summed E-state index contributed by atoms with van der Waals surface area (Å²) in [6, 6.07) is 15.6. The number of hydrogen-bond donors (Lipinski definition) is 1. The molecular formula is C17H12N4O2S.